The maximum atomic E-state index is 9.66. The first-order valence-electron chi connectivity index (χ1n) is 8.39. The Morgan fingerprint density at radius 3 is 2.87 bits per heavy atom. The van der Waals surface area contributed by atoms with Gasteiger partial charge in [-0.1, -0.05) is 18.2 Å². The molecule has 1 aliphatic carbocycles. The second-order valence-corrected chi connectivity index (χ2v) is 7.00. The van der Waals surface area contributed by atoms with Gasteiger partial charge in [0.15, 0.2) is 12.2 Å². The molecule has 0 radical (unpaired) electrons. The predicted octanol–water partition coefficient (Wildman–Crippen LogP) is 0.118. The molecule has 23 heavy (non-hydrogen) atoms. The molecule has 3 atom stereocenters. The Bertz CT molecular complexity index is 872. The highest BCUT2D eigenvalue weighted by Gasteiger charge is 2.42. The smallest absolute Gasteiger partial charge is 0.206 e. The lowest BCUT2D eigenvalue weighted by atomic mass is 9.72. The molecule has 0 amide bonds. The number of fused-ring (bicyclic) bond motifs is 8. The number of aliphatic hydroxyl groups excluding tert-OH is 1. The van der Waals surface area contributed by atoms with Gasteiger partial charge in [0.25, 0.3) is 0 Å². The number of benzene rings is 1. The van der Waals surface area contributed by atoms with Crippen LogP contribution in [0.3, 0.4) is 0 Å². The van der Waals surface area contributed by atoms with Gasteiger partial charge in [-0.2, -0.15) is 4.57 Å². The maximum Gasteiger partial charge on any atom is 0.206 e. The number of hydrogen-bond donors (Lipinski definition) is 2. The molecule has 2 aromatic heterocycles. The quantitative estimate of drug-likeness (QED) is 0.612. The number of nitrogens with zero attached hydrogens (tertiary/aromatic N) is 1. The van der Waals surface area contributed by atoms with Gasteiger partial charge in [0.05, 0.1) is 0 Å². The summed E-state index contributed by atoms with van der Waals surface area (Å²) in [6, 6.07) is 11.5. The molecule has 1 saturated carbocycles. The van der Waals surface area contributed by atoms with E-state index in [1.54, 1.807) is 0 Å². The Balaban J connectivity index is 0.00000135. The third-order valence-corrected chi connectivity index (χ3v) is 5.94. The molecule has 1 aromatic carbocycles. The summed E-state index contributed by atoms with van der Waals surface area (Å²) in [5.74, 6) is 1.13. The van der Waals surface area contributed by atoms with Gasteiger partial charge in [-0.15, -0.1) is 0 Å². The Hall–Kier alpha value is -1.58. The van der Waals surface area contributed by atoms with Gasteiger partial charge in [-0.3, -0.25) is 0 Å². The molecule has 3 aromatic rings. The Morgan fingerprint density at radius 1 is 1.13 bits per heavy atom. The number of rotatable bonds is 1. The van der Waals surface area contributed by atoms with Crippen LogP contribution >= 0.6 is 0 Å². The fraction of sp³-hybridized carbons (Fsp3) is 0.421. The van der Waals surface area contributed by atoms with Crippen LogP contribution in [0, 0.1) is 11.8 Å². The highest BCUT2D eigenvalue weighted by atomic mass is 35.5. The molecule has 120 valence electrons. The zero-order chi connectivity index (χ0) is 14.7. The summed E-state index contributed by atoms with van der Waals surface area (Å²) >= 11 is 0. The number of aromatic amines is 1. The Labute approximate surface area is 141 Å². The van der Waals surface area contributed by atoms with Crippen LogP contribution in [0.15, 0.2) is 36.5 Å². The second-order valence-electron chi connectivity index (χ2n) is 7.00. The fourth-order valence-corrected chi connectivity index (χ4v) is 4.78. The van der Waals surface area contributed by atoms with Gasteiger partial charge in [0.2, 0.25) is 5.69 Å². The highest BCUT2D eigenvalue weighted by molar-refractivity contribution is 6.07. The van der Waals surface area contributed by atoms with E-state index in [0.717, 1.165) is 6.42 Å². The topological polar surface area (TPSA) is 39.9 Å². The van der Waals surface area contributed by atoms with Crippen LogP contribution < -0.4 is 17.0 Å². The van der Waals surface area contributed by atoms with Crippen LogP contribution in [0.4, 0.5) is 0 Å². The maximum absolute atomic E-state index is 9.66. The average Bonchev–Trinajstić information content (AvgIpc) is 2.94. The van der Waals surface area contributed by atoms with E-state index in [9.17, 15) is 5.11 Å². The van der Waals surface area contributed by atoms with Crippen molar-refractivity contribution in [3.05, 3.63) is 42.2 Å². The lowest BCUT2D eigenvalue weighted by Crippen LogP contribution is -3.00. The first kappa shape index (κ1) is 15.0. The van der Waals surface area contributed by atoms with Crippen LogP contribution in [-0.2, 0) is 6.42 Å². The van der Waals surface area contributed by atoms with Gasteiger partial charge < -0.3 is 22.5 Å². The lowest BCUT2D eigenvalue weighted by Gasteiger charge is -2.36. The number of nitrogens with one attached hydrogen (secondary N) is 1. The van der Waals surface area contributed by atoms with E-state index in [0.29, 0.717) is 24.5 Å². The van der Waals surface area contributed by atoms with E-state index in [4.69, 9.17) is 0 Å². The molecule has 3 nitrogen and oxygen atoms in total. The van der Waals surface area contributed by atoms with E-state index >= 15 is 0 Å². The standard InChI is InChI=1S/C19H20N2O.ClH/c22-11-12-5-6-14-9-13(12)10-18-19-16(7-8-21(14)18)15-3-1-2-4-17(15)20-19;/h1-4,7-8,12-14,22H,5-6,9-11H2;1H/t12-,13+,14+;/m0./s1. The number of halogens is 1. The largest absolute Gasteiger partial charge is 1.00 e. The van der Waals surface area contributed by atoms with Crippen molar-refractivity contribution in [1.82, 2.24) is 4.98 Å². The van der Waals surface area contributed by atoms with Crippen LogP contribution in [0.1, 0.15) is 31.0 Å². The molecular formula is C19H21ClN2O. The van der Waals surface area contributed by atoms with Gasteiger partial charge in [-0.05, 0) is 24.3 Å². The predicted molar refractivity (Wildman–Crippen MR) is 86.7 cm³/mol. The molecule has 4 heteroatoms. The molecular weight excluding hydrogens is 308 g/mol. The molecule has 0 saturated heterocycles. The van der Waals surface area contributed by atoms with E-state index in [-0.39, 0.29) is 12.4 Å². The fourth-order valence-electron chi connectivity index (χ4n) is 4.78. The van der Waals surface area contributed by atoms with Crippen molar-refractivity contribution in [3.8, 4) is 0 Å². The molecule has 2 aliphatic rings. The zero-order valence-electron chi connectivity index (χ0n) is 13.0. The van der Waals surface area contributed by atoms with Crippen molar-refractivity contribution in [1.29, 1.82) is 0 Å². The summed E-state index contributed by atoms with van der Waals surface area (Å²) in [6.45, 7) is 0.347. The van der Waals surface area contributed by atoms with Crippen LogP contribution in [0.5, 0.6) is 0 Å². The molecule has 1 aliphatic heterocycles. The second kappa shape index (κ2) is 5.50. The Morgan fingerprint density at radius 2 is 2.00 bits per heavy atom. The summed E-state index contributed by atoms with van der Waals surface area (Å²) < 4.78 is 2.50. The van der Waals surface area contributed by atoms with Crippen LogP contribution in [0.2, 0.25) is 0 Å². The van der Waals surface area contributed by atoms with Crippen LogP contribution in [0.25, 0.3) is 21.8 Å². The van der Waals surface area contributed by atoms with E-state index in [1.807, 2.05) is 0 Å². The highest BCUT2D eigenvalue weighted by Crippen LogP contribution is 2.40. The third-order valence-electron chi connectivity index (χ3n) is 5.94. The monoisotopic (exact) mass is 328 g/mol. The summed E-state index contributed by atoms with van der Waals surface area (Å²) in [5.41, 5.74) is 3.96. The minimum atomic E-state index is 0. The van der Waals surface area contributed by atoms with E-state index in [2.05, 4.69) is 46.1 Å². The summed E-state index contributed by atoms with van der Waals surface area (Å²) in [5, 5.41) is 12.3. The molecule has 1 fully saturated rings. The Kier molecular flexibility index (Phi) is 3.58. The van der Waals surface area contributed by atoms with Gasteiger partial charge in [-0.25, -0.2) is 0 Å². The van der Waals surface area contributed by atoms with Gasteiger partial charge >= 0.3 is 0 Å². The number of hydrogen-bond acceptors (Lipinski definition) is 1. The SMILES string of the molecule is OC[C@@H]1CC[C@@H]2C[C@@H]1Cc1c3[nH]c4ccccc4c3cc[n+]12.[Cl-]. The molecule has 2 bridgehead atoms. The minimum absolute atomic E-state index is 0. The number of H-pyrrole nitrogens is 1. The molecule has 5 rings (SSSR count). The summed E-state index contributed by atoms with van der Waals surface area (Å²) in [6.07, 6.45) is 6.98. The molecule has 0 unspecified atom stereocenters. The number of pyridine rings is 1. The third kappa shape index (κ3) is 2.10. The van der Waals surface area contributed by atoms with Crippen molar-refractivity contribution < 1.29 is 22.1 Å². The van der Waals surface area contributed by atoms with Gasteiger partial charge in [0.1, 0.15) is 5.52 Å². The zero-order valence-corrected chi connectivity index (χ0v) is 13.8. The van der Waals surface area contributed by atoms with Crippen molar-refractivity contribution in [2.24, 2.45) is 11.8 Å². The normalized spacial score (nSPS) is 26.0. The average molecular weight is 329 g/mol. The number of aromatic nitrogens is 2. The summed E-state index contributed by atoms with van der Waals surface area (Å²) in [7, 11) is 0. The lowest BCUT2D eigenvalue weighted by molar-refractivity contribution is -0.739. The molecule has 0 spiro atoms. The van der Waals surface area contributed by atoms with Gasteiger partial charge in [0, 0.05) is 48.2 Å². The van der Waals surface area contributed by atoms with E-state index < -0.39 is 0 Å². The first-order chi connectivity index (χ1) is 10.8. The molecule has 3 heterocycles. The van der Waals surface area contributed by atoms with Crippen LogP contribution in [-0.4, -0.2) is 16.7 Å². The van der Waals surface area contributed by atoms with Crippen molar-refractivity contribution in [2.45, 2.75) is 31.7 Å². The molecule has 2 N–H and O–H groups in total. The van der Waals surface area contributed by atoms with Crippen molar-refractivity contribution in [3.63, 3.8) is 0 Å². The number of para-hydroxylation sites is 1. The van der Waals surface area contributed by atoms with Crippen molar-refractivity contribution in [2.75, 3.05) is 6.61 Å². The van der Waals surface area contributed by atoms with Crippen molar-refractivity contribution >= 4 is 21.8 Å². The first-order valence-corrected chi connectivity index (χ1v) is 8.39. The summed E-state index contributed by atoms with van der Waals surface area (Å²) in [4.78, 5) is 3.64. The minimum Gasteiger partial charge on any atom is -1.00 e. The number of aliphatic hydroxyl groups is 1. The van der Waals surface area contributed by atoms with E-state index in [1.165, 1.54) is 46.8 Å².